The maximum atomic E-state index is 9.66. The van der Waals surface area contributed by atoms with Gasteiger partial charge >= 0.3 is 0 Å². The van der Waals surface area contributed by atoms with Crippen LogP contribution < -0.4 is 0 Å². The van der Waals surface area contributed by atoms with Gasteiger partial charge in [-0.1, -0.05) is 38.8 Å². The molecule has 1 heteroatoms. The monoisotopic (exact) mass is 196 g/mol. The van der Waals surface area contributed by atoms with Crippen LogP contribution in [0.15, 0.2) is 11.6 Å². The van der Waals surface area contributed by atoms with Crippen LogP contribution in [0, 0.1) is 11.3 Å². The van der Waals surface area contributed by atoms with Crippen molar-refractivity contribution in [2.24, 2.45) is 11.3 Å². The van der Waals surface area contributed by atoms with E-state index >= 15 is 0 Å². The molecule has 3 unspecified atom stereocenters. The van der Waals surface area contributed by atoms with Gasteiger partial charge in [0.05, 0.1) is 6.10 Å². The highest BCUT2D eigenvalue weighted by molar-refractivity contribution is 5.17. The third-order valence-corrected chi connectivity index (χ3v) is 4.23. The molecule has 1 saturated carbocycles. The largest absolute Gasteiger partial charge is 0.393 e. The molecule has 1 aliphatic carbocycles. The Morgan fingerprint density at radius 2 is 2.29 bits per heavy atom. The second-order valence-corrected chi connectivity index (χ2v) is 4.94. The van der Waals surface area contributed by atoms with Gasteiger partial charge in [0.25, 0.3) is 0 Å². The van der Waals surface area contributed by atoms with Crippen LogP contribution >= 0.6 is 0 Å². The first-order valence-corrected chi connectivity index (χ1v) is 5.88. The summed E-state index contributed by atoms with van der Waals surface area (Å²) in [5, 5.41) is 9.66. The SMILES string of the molecule is CC=C1CC(O)CCC1(C)C(C)CC. The van der Waals surface area contributed by atoms with Crippen LogP contribution in [0.3, 0.4) is 0 Å². The zero-order chi connectivity index (χ0) is 10.8. The molecule has 3 atom stereocenters. The lowest BCUT2D eigenvalue weighted by atomic mass is 9.63. The fraction of sp³-hybridized carbons (Fsp3) is 0.846. The second kappa shape index (κ2) is 4.48. The number of aliphatic hydroxyl groups excluding tert-OH is 1. The first-order valence-electron chi connectivity index (χ1n) is 5.88. The highest BCUT2D eigenvalue weighted by atomic mass is 16.3. The van der Waals surface area contributed by atoms with Gasteiger partial charge in [0.2, 0.25) is 0 Å². The molecule has 0 aromatic carbocycles. The maximum absolute atomic E-state index is 9.66. The summed E-state index contributed by atoms with van der Waals surface area (Å²) in [4.78, 5) is 0. The Bertz CT molecular complexity index is 219. The predicted octanol–water partition coefficient (Wildman–Crippen LogP) is 3.53. The summed E-state index contributed by atoms with van der Waals surface area (Å²) < 4.78 is 0. The first-order chi connectivity index (χ1) is 6.54. The van der Waals surface area contributed by atoms with Gasteiger partial charge in [-0.05, 0) is 37.5 Å². The average Bonchev–Trinajstić information content (AvgIpc) is 2.20. The topological polar surface area (TPSA) is 20.2 Å². The Balaban J connectivity index is 2.85. The molecular weight excluding hydrogens is 172 g/mol. The molecule has 1 fully saturated rings. The van der Waals surface area contributed by atoms with Crippen LogP contribution in [0.25, 0.3) is 0 Å². The van der Waals surface area contributed by atoms with Crippen molar-refractivity contribution < 1.29 is 5.11 Å². The molecule has 1 N–H and O–H groups in total. The molecule has 14 heavy (non-hydrogen) atoms. The van der Waals surface area contributed by atoms with Crippen molar-refractivity contribution in [3.8, 4) is 0 Å². The van der Waals surface area contributed by atoms with E-state index in [9.17, 15) is 5.11 Å². The molecule has 0 aromatic heterocycles. The van der Waals surface area contributed by atoms with E-state index in [0.29, 0.717) is 5.41 Å². The van der Waals surface area contributed by atoms with Crippen molar-refractivity contribution in [3.63, 3.8) is 0 Å². The summed E-state index contributed by atoms with van der Waals surface area (Å²) in [6.07, 6.45) is 6.34. The van der Waals surface area contributed by atoms with Crippen molar-refractivity contribution in [3.05, 3.63) is 11.6 Å². The van der Waals surface area contributed by atoms with E-state index in [1.807, 2.05) is 0 Å². The van der Waals surface area contributed by atoms with Crippen LogP contribution in [0.1, 0.15) is 53.4 Å². The van der Waals surface area contributed by atoms with Crippen LogP contribution in [0.2, 0.25) is 0 Å². The molecule has 0 saturated heterocycles. The van der Waals surface area contributed by atoms with Crippen molar-refractivity contribution in [2.75, 3.05) is 0 Å². The fourth-order valence-corrected chi connectivity index (χ4v) is 2.68. The highest BCUT2D eigenvalue weighted by Gasteiger charge is 2.37. The normalized spacial score (nSPS) is 38.6. The number of hydrogen-bond donors (Lipinski definition) is 1. The van der Waals surface area contributed by atoms with Gasteiger partial charge in [-0.3, -0.25) is 0 Å². The highest BCUT2D eigenvalue weighted by Crippen LogP contribution is 2.47. The van der Waals surface area contributed by atoms with Gasteiger partial charge in [-0.2, -0.15) is 0 Å². The molecule has 0 amide bonds. The van der Waals surface area contributed by atoms with Crippen molar-refractivity contribution in [1.29, 1.82) is 0 Å². The van der Waals surface area contributed by atoms with E-state index in [1.54, 1.807) is 0 Å². The zero-order valence-corrected chi connectivity index (χ0v) is 10.0. The number of hydrogen-bond acceptors (Lipinski definition) is 1. The summed E-state index contributed by atoms with van der Waals surface area (Å²) in [5.74, 6) is 0.723. The standard InChI is InChI=1S/C13H24O/c1-5-10(3)13(4)8-7-12(14)9-11(13)6-2/h6,10,12,14H,5,7-9H2,1-4H3. The summed E-state index contributed by atoms with van der Waals surface area (Å²) in [5.41, 5.74) is 1.80. The van der Waals surface area contributed by atoms with Crippen molar-refractivity contribution >= 4 is 0 Å². The molecule has 0 aromatic rings. The Kier molecular flexibility index (Phi) is 3.77. The van der Waals surface area contributed by atoms with Crippen LogP contribution in [0.5, 0.6) is 0 Å². The van der Waals surface area contributed by atoms with Gasteiger partial charge in [-0.25, -0.2) is 0 Å². The van der Waals surface area contributed by atoms with Gasteiger partial charge in [0.15, 0.2) is 0 Å². The third kappa shape index (κ3) is 2.03. The van der Waals surface area contributed by atoms with Crippen LogP contribution in [0.4, 0.5) is 0 Å². The Morgan fingerprint density at radius 3 is 2.79 bits per heavy atom. The molecule has 1 nitrogen and oxygen atoms in total. The molecule has 0 radical (unpaired) electrons. The summed E-state index contributed by atoms with van der Waals surface area (Å²) in [7, 11) is 0. The summed E-state index contributed by atoms with van der Waals surface area (Å²) in [6.45, 7) is 9.06. The molecule has 1 rings (SSSR count). The molecule has 1 aliphatic rings. The molecule has 82 valence electrons. The first kappa shape index (κ1) is 11.8. The molecule has 0 heterocycles. The van der Waals surface area contributed by atoms with E-state index in [-0.39, 0.29) is 6.10 Å². The fourth-order valence-electron chi connectivity index (χ4n) is 2.68. The van der Waals surface area contributed by atoms with Gasteiger partial charge in [0.1, 0.15) is 0 Å². The minimum absolute atomic E-state index is 0.0988. The van der Waals surface area contributed by atoms with E-state index in [2.05, 4.69) is 33.8 Å². The predicted molar refractivity (Wildman–Crippen MR) is 61.2 cm³/mol. The van der Waals surface area contributed by atoms with Crippen molar-refractivity contribution in [2.45, 2.75) is 59.5 Å². The van der Waals surface area contributed by atoms with Gasteiger partial charge in [-0.15, -0.1) is 0 Å². The second-order valence-electron chi connectivity index (χ2n) is 4.94. The average molecular weight is 196 g/mol. The Morgan fingerprint density at radius 1 is 1.64 bits per heavy atom. The maximum Gasteiger partial charge on any atom is 0.0577 e. The lowest BCUT2D eigenvalue weighted by Crippen LogP contribution is -2.34. The minimum atomic E-state index is -0.0988. The zero-order valence-electron chi connectivity index (χ0n) is 10.0. The lowest BCUT2D eigenvalue weighted by Gasteiger charge is -2.43. The quantitative estimate of drug-likeness (QED) is 0.670. The summed E-state index contributed by atoms with van der Waals surface area (Å²) >= 11 is 0. The third-order valence-electron chi connectivity index (χ3n) is 4.23. The van der Waals surface area contributed by atoms with E-state index < -0.39 is 0 Å². The Hall–Kier alpha value is -0.300. The lowest BCUT2D eigenvalue weighted by molar-refractivity contribution is 0.0863. The van der Waals surface area contributed by atoms with Crippen molar-refractivity contribution in [1.82, 2.24) is 0 Å². The van der Waals surface area contributed by atoms with E-state index in [1.165, 1.54) is 12.0 Å². The minimum Gasteiger partial charge on any atom is -0.393 e. The van der Waals surface area contributed by atoms with Gasteiger partial charge in [0, 0.05) is 0 Å². The summed E-state index contributed by atoms with van der Waals surface area (Å²) in [6, 6.07) is 0. The van der Waals surface area contributed by atoms with Gasteiger partial charge < -0.3 is 5.11 Å². The number of allylic oxidation sites excluding steroid dienone is 1. The molecule has 0 aliphatic heterocycles. The molecule has 0 bridgehead atoms. The Labute approximate surface area is 88.2 Å². The smallest absolute Gasteiger partial charge is 0.0577 e. The van der Waals surface area contributed by atoms with E-state index in [0.717, 1.165) is 25.2 Å². The molecular formula is C13H24O. The van der Waals surface area contributed by atoms with E-state index in [4.69, 9.17) is 0 Å². The van der Waals surface area contributed by atoms with Crippen LogP contribution in [-0.4, -0.2) is 11.2 Å². The number of rotatable bonds is 2. The molecule has 0 spiro atoms. The van der Waals surface area contributed by atoms with Crippen LogP contribution in [-0.2, 0) is 0 Å². The number of aliphatic hydroxyl groups is 1.